The van der Waals surface area contributed by atoms with Crippen LogP contribution in [0.3, 0.4) is 0 Å². The molecule has 1 aromatic carbocycles. The van der Waals surface area contributed by atoms with Crippen LogP contribution in [0.1, 0.15) is 30.0 Å². The first-order valence-corrected chi connectivity index (χ1v) is 4.15. The second kappa shape index (κ2) is 3.56. The molecule has 59 valence electrons. The van der Waals surface area contributed by atoms with Gasteiger partial charge in [-0.05, 0) is 31.4 Å². The molecule has 0 aromatic heterocycles. The summed E-state index contributed by atoms with van der Waals surface area (Å²) in [5, 5.41) is 0. The summed E-state index contributed by atoms with van der Waals surface area (Å²) in [5.74, 6) is 0. The highest BCUT2D eigenvalue weighted by Gasteiger charge is 1.95. The minimum Gasteiger partial charge on any atom is -0.0651 e. The maximum absolute atomic E-state index is 3.98. The molecule has 11 heavy (non-hydrogen) atoms. The van der Waals surface area contributed by atoms with E-state index >= 15 is 0 Å². The van der Waals surface area contributed by atoms with Gasteiger partial charge in [0.1, 0.15) is 0 Å². The first-order chi connectivity index (χ1) is 5.24. The highest BCUT2D eigenvalue weighted by molar-refractivity contribution is 5.33. The Hall–Kier alpha value is -0.780. The minimum absolute atomic E-state index is 1.15. The van der Waals surface area contributed by atoms with Crippen molar-refractivity contribution in [1.29, 1.82) is 0 Å². The SMILES string of the molecule is [CH2]c1ccc(C)cc1CCC. The number of hydrogen-bond acceptors (Lipinski definition) is 0. The fourth-order valence-corrected chi connectivity index (χ4v) is 1.26. The predicted molar refractivity (Wildman–Crippen MR) is 49.6 cm³/mol. The zero-order chi connectivity index (χ0) is 8.27. The summed E-state index contributed by atoms with van der Waals surface area (Å²) in [5.41, 5.74) is 3.91. The Morgan fingerprint density at radius 2 is 2.09 bits per heavy atom. The molecule has 1 radical (unpaired) electrons. The Kier molecular flexibility index (Phi) is 2.70. The Morgan fingerprint density at radius 1 is 1.36 bits per heavy atom. The van der Waals surface area contributed by atoms with Crippen molar-refractivity contribution in [3.8, 4) is 0 Å². The third-order valence-corrected chi connectivity index (χ3v) is 1.88. The molecule has 0 fully saturated rings. The van der Waals surface area contributed by atoms with Gasteiger partial charge in [0, 0.05) is 0 Å². The second-order valence-electron chi connectivity index (χ2n) is 3.02. The normalized spacial score (nSPS) is 10.1. The minimum atomic E-state index is 1.15. The van der Waals surface area contributed by atoms with E-state index in [1.54, 1.807) is 0 Å². The maximum Gasteiger partial charge on any atom is -0.0235 e. The van der Waals surface area contributed by atoms with Crippen LogP contribution in [0, 0.1) is 13.8 Å². The molecule has 0 aliphatic carbocycles. The van der Waals surface area contributed by atoms with Crippen LogP contribution in [0.25, 0.3) is 0 Å². The highest BCUT2D eigenvalue weighted by atomic mass is 14.0. The van der Waals surface area contributed by atoms with E-state index in [9.17, 15) is 0 Å². The van der Waals surface area contributed by atoms with Gasteiger partial charge < -0.3 is 0 Å². The molecule has 0 saturated carbocycles. The van der Waals surface area contributed by atoms with Gasteiger partial charge >= 0.3 is 0 Å². The molecule has 0 unspecified atom stereocenters. The van der Waals surface area contributed by atoms with Gasteiger partial charge in [0.2, 0.25) is 0 Å². The molecular formula is C11H15. The van der Waals surface area contributed by atoms with E-state index in [1.165, 1.54) is 23.1 Å². The van der Waals surface area contributed by atoms with Gasteiger partial charge in [-0.2, -0.15) is 0 Å². The van der Waals surface area contributed by atoms with Crippen molar-refractivity contribution in [2.45, 2.75) is 26.7 Å². The average Bonchev–Trinajstić information content (AvgIpc) is 1.98. The van der Waals surface area contributed by atoms with Gasteiger partial charge in [0.15, 0.2) is 0 Å². The van der Waals surface area contributed by atoms with Crippen LogP contribution in [-0.2, 0) is 6.42 Å². The molecule has 0 heteroatoms. The van der Waals surface area contributed by atoms with Crippen LogP contribution in [-0.4, -0.2) is 0 Å². The zero-order valence-corrected chi connectivity index (χ0v) is 7.35. The van der Waals surface area contributed by atoms with Crippen LogP contribution >= 0.6 is 0 Å². The lowest BCUT2D eigenvalue weighted by molar-refractivity contribution is 0.916. The average molecular weight is 147 g/mol. The monoisotopic (exact) mass is 147 g/mol. The van der Waals surface area contributed by atoms with Crippen LogP contribution in [0.15, 0.2) is 18.2 Å². The standard InChI is InChI=1S/C11H15/c1-4-5-11-8-9(2)6-7-10(11)3/h6-8H,3-5H2,1-2H3. The van der Waals surface area contributed by atoms with E-state index < -0.39 is 0 Å². The molecule has 0 nitrogen and oxygen atoms in total. The summed E-state index contributed by atoms with van der Waals surface area (Å²) < 4.78 is 0. The lowest BCUT2D eigenvalue weighted by Crippen LogP contribution is -1.88. The molecule has 0 amide bonds. The van der Waals surface area contributed by atoms with Crippen molar-refractivity contribution in [3.63, 3.8) is 0 Å². The molecular weight excluding hydrogens is 132 g/mol. The van der Waals surface area contributed by atoms with Gasteiger partial charge in [-0.25, -0.2) is 0 Å². The number of hydrogen-bond donors (Lipinski definition) is 0. The Labute approximate surface area is 69.3 Å². The van der Waals surface area contributed by atoms with Gasteiger partial charge in [-0.1, -0.05) is 37.1 Å². The molecule has 0 N–H and O–H groups in total. The molecule has 1 rings (SSSR count). The second-order valence-corrected chi connectivity index (χ2v) is 3.02. The summed E-state index contributed by atoms with van der Waals surface area (Å²) >= 11 is 0. The molecule has 1 aromatic rings. The summed E-state index contributed by atoms with van der Waals surface area (Å²) in [6, 6.07) is 6.44. The molecule has 0 atom stereocenters. The summed E-state index contributed by atoms with van der Waals surface area (Å²) in [6.45, 7) is 8.30. The number of rotatable bonds is 2. The third kappa shape index (κ3) is 2.07. The van der Waals surface area contributed by atoms with Crippen LogP contribution in [0.2, 0.25) is 0 Å². The van der Waals surface area contributed by atoms with E-state index in [2.05, 4.69) is 39.0 Å². The Balaban J connectivity index is 2.93. The maximum atomic E-state index is 3.98. The summed E-state index contributed by atoms with van der Waals surface area (Å²) in [7, 11) is 0. The van der Waals surface area contributed by atoms with Crippen molar-refractivity contribution in [2.75, 3.05) is 0 Å². The van der Waals surface area contributed by atoms with Crippen molar-refractivity contribution in [2.24, 2.45) is 0 Å². The third-order valence-electron chi connectivity index (χ3n) is 1.88. The van der Waals surface area contributed by atoms with Gasteiger partial charge in [-0.15, -0.1) is 0 Å². The fraction of sp³-hybridized carbons (Fsp3) is 0.364. The summed E-state index contributed by atoms with van der Waals surface area (Å²) in [4.78, 5) is 0. The van der Waals surface area contributed by atoms with Gasteiger partial charge in [-0.3, -0.25) is 0 Å². The molecule has 0 aliphatic heterocycles. The zero-order valence-electron chi connectivity index (χ0n) is 7.35. The Bertz CT molecular complexity index is 236. The molecule has 0 bridgehead atoms. The smallest absolute Gasteiger partial charge is 0.0235 e. The lowest BCUT2D eigenvalue weighted by atomic mass is 10.0. The van der Waals surface area contributed by atoms with Crippen LogP contribution < -0.4 is 0 Å². The van der Waals surface area contributed by atoms with E-state index in [-0.39, 0.29) is 0 Å². The van der Waals surface area contributed by atoms with Crippen molar-refractivity contribution in [1.82, 2.24) is 0 Å². The van der Waals surface area contributed by atoms with E-state index in [0.717, 1.165) is 6.42 Å². The van der Waals surface area contributed by atoms with Gasteiger partial charge in [0.05, 0.1) is 0 Å². The molecule has 0 heterocycles. The van der Waals surface area contributed by atoms with E-state index in [0.29, 0.717) is 0 Å². The quantitative estimate of drug-likeness (QED) is 0.603. The van der Waals surface area contributed by atoms with E-state index in [1.807, 2.05) is 0 Å². The molecule has 0 saturated heterocycles. The Morgan fingerprint density at radius 3 is 2.73 bits per heavy atom. The van der Waals surface area contributed by atoms with Crippen molar-refractivity contribution < 1.29 is 0 Å². The van der Waals surface area contributed by atoms with E-state index in [4.69, 9.17) is 0 Å². The van der Waals surface area contributed by atoms with Crippen molar-refractivity contribution in [3.05, 3.63) is 41.8 Å². The van der Waals surface area contributed by atoms with Crippen LogP contribution in [0.5, 0.6) is 0 Å². The summed E-state index contributed by atoms with van der Waals surface area (Å²) in [6.07, 6.45) is 2.35. The lowest BCUT2D eigenvalue weighted by Gasteiger charge is -2.04. The van der Waals surface area contributed by atoms with Gasteiger partial charge in [0.25, 0.3) is 0 Å². The van der Waals surface area contributed by atoms with Crippen LogP contribution in [0.4, 0.5) is 0 Å². The first kappa shape index (κ1) is 8.32. The number of aryl methyl sites for hydroxylation is 2. The molecule has 0 aliphatic rings. The predicted octanol–water partition coefficient (Wildman–Crippen LogP) is 3.13. The fourth-order valence-electron chi connectivity index (χ4n) is 1.26. The molecule has 0 spiro atoms. The number of benzene rings is 1. The highest BCUT2D eigenvalue weighted by Crippen LogP contribution is 2.11. The largest absolute Gasteiger partial charge is 0.0651 e. The van der Waals surface area contributed by atoms with Crippen molar-refractivity contribution >= 4 is 0 Å². The topological polar surface area (TPSA) is 0 Å². The first-order valence-electron chi connectivity index (χ1n) is 4.15.